The SMILES string of the molecule is CCNCC=Cc1ccc2cc(OC)ccc2c1. The quantitative estimate of drug-likeness (QED) is 0.809. The first-order valence-corrected chi connectivity index (χ1v) is 6.28. The molecular weight excluding hydrogens is 222 g/mol. The summed E-state index contributed by atoms with van der Waals surface area (Å²) in [5, 5.41) is 5.71. The largest absolute Gasteiger partial charge is 0.497 e. The molecule has 0 unspecified atom stereocenters. The Morgan fingerprint density at radius 2 is 1.89 bits per heavy atom. The molecule has 18 heavy (non-hydrogen) atoms. The zero-order valence-corrected chi connectivity index (χ0v) is 10.9. The van der Waals surface area contributed by atoms with Gasteiger partial charge in [0.1, 0.15) is 5.75 Å². The summed E-state index contributed by atoms with van der Waals surface area (Å²) in [5.41, 5.74) is 1.23. The van der Waals surface area contributed by atoms with Crippen LogP contribution < -0.4 is 10.1 Å². The van der Waals surface area contributed by atoms with Gasteiger partial charge in [-0.05, 0) is 41.1 Å². The smallest absolute Gasteiger partial charge is 0.119 e. The molecule has 2 rings (SSSR count). The molecule has 0 bridgehead atoms. The molecule has 0 spiro atoms. The van der Waals surface area contributed by atoms with E-state index in [2.05, 4.69) is 54.7 Å². The maximum Gasteiger partial charge on any atom is 0.119 e. The van der Waals surface area contributed by atoms with Gasteiger partial charge in [0.05, 0.1) is 7.11 Å². The maximum absolute atomic E-state index is 5.22. The first-order chi connectivity index (χ1) is 8.83. The van der Waals surface area contributed by atoms with E-state index >= 15 is 0 Å². The predicted molar refractivity (Wildman–Crippen MR) is 78.1 cm³/mol. The second-order valence-corrected chi connectivity index (χ2v) is 4.18. The number of methoxy groups -OCH3 is 1. The Kier molecular flexibility index (Phi) is 4.37. The molecule has 2 aromatic rings. The van der Waals surface area contributed by atoms with Gasteiger partial charge in [-0.25, -0.2) is 0 Å². The van der Waals surface area contributed by atoms with Gasteiger partial charge in [-0.15, -0.1) is 0 Å². The number of fused-ring (bicyclic) bond motifs is 1. The summed E-state index contributed by atoms with van der Waals surface area (Å²) >= 11 is 0. The summed E-state index contributed by atoms with van der Waals surface area (Å²) < 4.78 is 5.22. The van der Waals surface area contributed by atoms with Gasteiger partial charge >= 0.3 is 0 Å². The first kappa shape index (κ1) is 12.7. The van der Waals surface area contributed by atoms with Crippen LogP contribution in [0.5, 0.6) is 5.75 Å². The molecule has 0 radical (unpaired) electrons. The van der Waals surface area contributed by atoms with E-state index in [1.807, 2.05) is 6.07 Å². The van der Waals surface area contributed by atoms with Crippen LogP contribution in [-0.2, 0) is 0 Å². The van der Waals surface area contributed by atoms with Crippen molar-refractivity contribution in [2.75, 3.05) is 20.2 Å². The Balaban J connectivity index is 2.20. The highest BCUT2D eigenvalue weighted by molar-refractivity contribution is 5.86. The van der Waals surface area contributed by atoms with Crippen molar-refractivity contribution in [2.45, 2.75) is 6.92 Å². The molecule has 0 aromatic heterocycles. The average Bonchev–Trinajstić information content (AvgIpc) is 2.43. The van der Waals surface area contributed by atoms with Gasteiger partial charge in [0, 0.05) is 6.54 Å². The van der Waals surface area contributed by atoms with Crippen LogP contribution in [0.15, 0.2) is 42.5 Å². The molecule has 0 saturated carbocycles. The van der Waals surface area contributed by atoms with E-state index < -0.39 is 0 Å². The van der Waals surface area contributed by atoms with Crippen LogP contribution in [0.25, 0.3) is 16.8 Å². The van der Waals surface area contributed by atoms with Crippen molar-refractivity contribution in [1.82, 2.24) is 5.32 Å². The number of likely N-dealkylation sites (N-methyl/N-ethyl adjacent to an activating group) is 1. The first-order valence-electron chi connectivity index (χ1n) is 6.28. The number of hydrogen-bond donors (Lipinski definition) is 1. The van der Waals surface area contributed by atoms with Gasteiger partial charge < -0.3 is 10.1 Å². The highest BCUT2D eigenvalue weighted by Gasteiger charge is 1.96. The minimum atomic E-state index is 0.901. The molecular formula is C16H19NO. The fraction of sp³-hybridized carbons (Fsp3) is 0.250. The van der Waals surface area contributed by atoms with Crippen molar-refractivity contribution in [1.29, 1.82) is 0 Å². The average molecular weight is 241 g/mol. The van der Waals surface area contributed by atoms with Crippen LogP contribution in [-0.4, -0.2) is 20.2 Å². The second kappa shape index (κ2) is 6.22. The standard InChI is InChI=1S/C16H19NO/c1-3-17-10-4-5-13-6-7-15-12-16(18-2)9-8-14(15)11-13/h4-9,11-12,17H,3,10H2,1-2H3. The summed E-state index contributed by atoms with van der Waals surface area (Å²) in [4.78, 5) is 0. The van der Waals surface area contributed by atoms with Gasteiger partial charge in [0.2, 0.25) is 0 Å². The van der Waals surface area contributed by atoms with Gasteiger partial charge in [-0.1, -0.05) is 37.3 Å². The molecule has 2 nitrogen and oxygen atoms in total. The van der Waals surface area contributed by atoms with Crippen LogP contribution in [0, 0.1) is 0 Å². The van der Waals surface area contributed by atoms with E-state index in [0.29, 0.717) is 0 Å². The van der Waals surface area contributed by atoms with Crippen molar-refractivity contribution < 1.29 is 4.74 Å². The number of ether oxygens (including phenoxy) is 1. The molecule has 0 saturated heterocycles. The van der Waals surface area contributed by atoms with E-state index in [1.54, 1.807) is 7.11 Å². The minimum absolute atomic E-state index is 0.901. The van der Waals surface area contributed by atoms with Crippen molar-refractivity contribution in [3.8, 4) is 5.75 Å². The normalized spacial score (nSPS) is 11.2. The Morgan fingerprint density at radius 1 is 1.11 bits per heavy atom. The zero-order valence-electron chi connectivity index (χ0n) is 10.9. The van der Waals surface area contributed by atoms with Crippen LogP contribution >= 0.6 is 0 Å². The van der Waals surface area contributed by atoms with Crippen LogP contribution in [0.3, 0.4) is 0 Å². The number of rotatable bonds is 5. The molecule has 2 heteroatoms. The molecule has 0 aliphatic carbocycles. The monoisotopic (exact) mass is 241 g/mol. The van der Waals surface area contributed by atoms with Crippen molar-refractivity contribution in [2.24, 2.45) is 0 Å². The Hall–Kier alpha value is -1.80. The summed E-state index contributed by atoms with van der Waals surface area (Å²) in [7, 11) is 1.69. The molecule has 1 N–H and O–H groups in total. The summed E-state index contributed by atoms with van der Waals surface area (Å²) in [5.74, 6) is 0.901. The molecule has 0 aliphatic heterocycles. The number of hydrogen-bond acceptors (Lipinski definition) is 2. The lowest BCUT2D eigenvalue weighted by atomic mass is 10.1. The van der Waals surface area contributed by atoms with E-state index in [0.717, 1.165) is 18.8 Å². The summed E-state index contributed by atoms with van der Waals surface area (Å²) in [6, 6.07) is 12.6. The van der Waals surface area contributed by atoms with E-state index in [4.69, 9.17) is 4.74 Å². The van der Waals surface area contributed by atoms with Crippen LogP contribution in [0.4, 0.5) is 0 Å². The lowest BCUT2D eigenvalue weighted by Crippen LogP contribution is -2.11. The predicted octanol–water partition coefficient (Wildman–Crippen LogP) is 3.47. The molecule has 0 fully saturated rings. The summed E-state index contributed by atoms with van der Waals surface area (Å²) in [6.45, 7) is 4.02. The minimum Gasteiger partial charge on any atom is -0.497 e. The Bertz CT molecular complexity index is 546. The molecule has 0 heterocycles. The third kappa shape index (κ3) is 3.11. The summed E-state index contributed by atoms with van der Waals surface area (Å²) in [6.07, 6.45) is 4.29. The molecule has 94 valence electrons. The highest BCUT2D eigenvalue weighted by Crippen LogP contribution is 2.22. The lowest BCUT2D eigenvalue weighted by Gasteiger charge is -2.03. The van der Waals surface area contributed by atoms with E-state index in [-0.39, 0.29) is 0 Å². The van der Waals surface area contributed by atoms with Gasteiger partial charge in [0.15, 0.2) is 0 Å². The topological polar surface area (TPSA) is 21.3 Å². The molecule has 0 amide bonds. The lowest BCUT2D eigenvalue weighted by molar-refractivity contribution is 0.415. The molecule has 0 aliphatic rings. The Labute approximate surface area is 108 Å². The van der Waals surface area contributed by atoms with Crippen molar-refractivity contribution >= 4 is 16.8 Å². The van der Waals surface area contributed by atoms with Crippen LogP contribution in [0.2, 0.25) is 0 Å². The molecule has 0 atom stereocenters. The highest BCUT2D eigenvalue weighted by atomic mass is 16.5. The molecule has 2 aromatic carbocycles. The fourth-order valence-corrected chi connectivity index (χ4v) is 1.90. The van der Waals surface area contributed by atoms with Crippen LogP contribution in [0.1, 0.15) is 12.5 Å². The zero-order chi connectivity index (χ0) is 12.8. The van der Waals surface area contributed by atoms with E-state index in [1.165, 1.54) is 16.3 Å². The maximum atomic E-state index is 5.22. The fourth-order valence-electron chi connectivity index (χ4n) is 1.90. The van der Waals surface area contributed by atoms with Crippen molar-refractivity contribution in [3.63, 3.8) is 0 Å². The van der Waals surface area contributed by atoms with Gasteiger partial charge in [0.25, 0.3) is 0 Å². The van der Waals surface area contributed by atoms with E-state index in [9.17, 15) is 0 Å². The second-order valence-electron chi connectivity index (χ2n) is 4.18. The number of benzene rings is 2. The van der Waals surface area contributed by atoms with Gasteiger partial charge in [-0.3, -0.25) is 0 Å². The third-order valence-electron chi connectivity index (χ3n) is 2.89. The third-order valence-corrected chi connectivity index (χ3v) is 2.89. The number of nitrogens with one attached hydrogen (secondary N) is 1. The van der Waals surface area contributed by atoms with Crippen molar-refractivity contribution in [3.05, 3.63) is 48.0 Å². The Morgan fingerprint density at radius 3 is 2.67 bits per heavy atom. The van der Waals surface area contributed by atoms with Gasteiger partial charge in [-0.2, -0.15) is 0 Å².